The van der Waals surface area contributed by atoms with Crippen molar-refractivity contribution < 1.29 is 9.72 Å². The van der Waals surface area contributed by atoms with Gasteiger partial charge in [-0.2, -0.15) is 0 Å². The Morgan fingerprint density at radius 3 is 2.90 bits per heavy atom. The molecule has 0 bridgehead atoms. The van der Waals surface area contributed by atoms with E-state index in [1.807, 2.05) is 4.90 Å². The fourth-order valence-electron chi connectivity index (χ4n) is 2.55. The molecule has 1 fully saturated rings. The van der Waals surface area contributed by atoms with Gasteiger partial charge in [-0.1, -0.05) is 15.9 Å². The molecule has 6 heteroatoms. The first-order valence-corrected chi connectivity index (χ1v) is 7.75. The topological polar surface area (TPSA) is 63.5 Å². The molecule has 1 heterocycles. The van der Waals surface area contributed by atoms with Crippen molar-refractivity contribution >= 4 is 27.5 Å². The van der Waals surface area contributed by atoms with Crippen molar-refractivity contribution in [2.45, 2.75) is 19.8 Å². The zero-order valence-electron chi connectivity index (χ0n) is 11.3. The van der Waals surface area contributed by atoms with Gasteiger partial charge in [-0.3, -0.25) is 14.9 Å². The zero-order valence-corrected chi connectivity index (χ0v) is 12.9. The normalized spacial score (nSPS) is 18.9. The highest BCUT2D eigenvalue weighted by Gasteiger charge is 2.24. The van der Waals surface area contributed by atoms with Crippen molar-refractivity contribution in [3.05, 3.63) is 39.4 Å². The van der Waals surface area contributed by atoms with E-state index in [2.05, 4.69) is 15.9 Å². The van der Waals surface area contributed by atoms with E-state index in [-0.39, 0.29) is 11.6 Å². The lowest BCUT2D eigenvalue weighted by Gasteiger charge is -2.32. The van der Waals surface area contributed by atoms with E-state index < -0.39 is 4.92 Å². The van der Waals surface area contributed by atoms with E-state index in [1.54, 1.807) is 19.1 Å². The van der Waals surface area contributed by atoms with E-state index >= 15 is 0 Å². The third kappa shape index (κ3) is 3.17. The summed E-state index contributed by atoms with van der Waals surface area (Å²) < 4.78 is 0. The lowest BCUT2D eigenvalue weighted by atomic mass is 9.99. The summed E-state index contributed by atoms with van der Waals surface area (Å²) in [6.45, 7) is 3.17. The molecule has 1 aromatic carbocycles. The molecule has 1 aliphatic rings. The van der Waals surface area contributed by atoms with Crippen LogP contribution in [0.5, 0.6) is 0 Å². The first-order valence-electron chi connectivity index (χ1n) is 6.63. The number of carbonyl (C=O) groups excluding carboxylic acids is 1. The van der Waals surface area contributed by atoms with Gasteiger partial charge in [-0.05, 0) is 37.8 Å². The Morgan fingerprint density at radius 2 is 2.30 bits per heavy atom. The molecular weight excluding hydrogens is 324 g/mol. The SMILES string of the molecule is Cc1cc(C(=O)N2CCCC(CBr)C2)ccc1[N+](=O)[O-]. The molecule has 0 aromatic heterocycles. The molecule has 0 radical (unpaired) electrons. The standard InChI is InChI=1S/C14H17BrN2O3/c1-10-7-12(4-5-13(10)17(19)20)14(18)16-6-2-3-11(8-15)9-16/h4-5,7,11H,2-3,6,8-9H2,1H3. The Balaban J connectivity index is 2.17. The van der Waals surface area contributed by atoms with Crippen LogP contribution in [-0.2, 0) is 0 Å². The number of hydrogen-bond acceptors (Lipinski definition) is 3. The van der Waals surface area contributed by atoms with Gasteiger partial charge in [0.05, 0.1) is 4.92 Å². The van der Waals surface area contributed by atoms with Crippen LogP contribution < -0.4 is 0 Å². The number of halogens is 1. The maximum absolute atomic E-state index is 12.4. The number of rotatable bonds is 3. The highest BCUT2D eigenvalue weighted by molar-refractivity contribution is 9.09. The number of piperidine rings is 1. The second-order valence-electron chi connectivity index (χ2n) is 5.17. The third-order valence-corrected chi connectivity index (χ3v) is 4.58. The van der Waals surface area contributed by atoms with Crippen LogP contribution in [0, 0.1) is 23.0 Å². The molecule has 1 saturated heterocycles. The lowest BCUT2D eigenvalue weighted by Crippen LogP contribution is -2.40. The van der Waals surface area contributed by atoms with E-state index in [9.17, 15) is 14.9 Å². The van der Waals surface area contributed by atoms with Crippen LogP contribution in [0.1, 0.15) is 28.8 Å². The van der Waals surface area contributed by atoms with Crippen molar-refractivity contribution in [1.29, 1.82) is 0 Å². The Hall–Kier alpha value is -1.43. The number of aryl methyl sites for hydroxylation is 1. The average molecular weight is 341 g/mol. The number of amides is 1. The molecule has 2 rings (SSSR count). The van der Waals surface area contributed by atoms with Gasteiger partial charge in [0.1, 0.15) is 0 Å². The molecule has 20 heavy (non-hydrogen) atoms. The number of alkyl halides is 1. The van der Waals surface area contributed by atoms with Crippen molar-refractivity contribution in [3.63, 3.8) is 0 Å². The number of nitro groups is 1. The number of hydrogen-bond donors (Lipinski definition) is 0. The molecule has 0 saturated carbocycles. The number of benzene rings is 1. The van der Waals surface area contributed by atoms with Crippen LogP contribution in [0.2, 0.25) is 0 Å². The van der Waals surface area contributed by atoms with Crippen LogP contribution in [-0.4, -0.2) is 34.2 Å². The van der Waals surface area contributed by atoms with Crippen LogP contribution in [0.3, 0.4) is 0 Å². The number of carbonyl (C=O) groups is 1. The molecule has 0 N–H and O–H groups in total. The van der Waals surface area contributed by atoms with Crippen molar-refractivity contribution in [3.8, 4) is 0 Å². The van der Waals surface area contributed by atoms with Crippen molar-refractivity contribution in [2.24, 2.45) is 5.92 Å². The molecule has 0 aliphatic carbocycles. The minimum absolute atomic E-state index is 0.0337. The first-order chi connectivity index (χ1) is 9.52. The minimum atomic E-state index is -0.425. The van der Waals surface area contributed by atoms with Crippen LogP contribution in [0.4, 0.5) is 5.69 Å². The quantitative estimate of drug-likeness (QED) is 0.482. The summed E-state index contributed by atoms with van der Waals surface area (Å²) in [6, 6.07) is 4.57. The minimum Gasteiger partial charge on any atom is -0.338 e. The molecule has 1 aromatic rings. The van der Waals surface area contributed by atoms with Gasteiger partial charge >= 0.3 is 0 Å². The van der Waals surface area contributed by atoms with Crippen molar-refractivity contribution in [1.82, 2.24) is 4.90 Å². The maximum atomic E-state index is 12.4. The monoisotopic (exact) mass is 340 g/mol. The molecule has 1 atom stereocenters. The Labute approximate surface area is 126 Å². The summed E-state index contributed by atoms with van der Waals surface area (Å²) in [6.07, 6.45) is 2.14. The molecule has 1 aliphatic heterocycles. The summed E-state index contributed by atoms with van der Waals surface area (Å²) in [5.41, 5.74) is 1.11. The van der Waals surface area contributed by atoms with Gasteiger partial charge in [0.2, 0.25) is 0 Å². The molecule has 1 unspecified atom stereocenters. The fraction of sp³-hybridized carbons (Fsp3) is 0.500. The molecule has 108 valence electrons. The Kier molecular flexibility index (Phi) is 4.75. The van der Waals surface area contributed by atoms with Gasteiger partial charge in [0, 0.05) is 35.6 Å². The molecule has 5 nitrogen and oxygen atoms in total. The third-order valence-electron chi connectivity index (χ3n) is 3.66. The number of likely N-dealkylation sites (tertiary alicyclic amines) is 1. The molecule has 1 amide bonds. The second kappa shape index (κ2) is 6.35. The number of nitrogens with zero attached hydrogens (tertiary/aromatic N) is 2. The van der Waals surface area contributed by atoms with E-state index in [1.165, 1.54) is 6.07 Å². The fourth-order valence-corrected chi connectivity index (χ4v) is 3.08. The summed E-state index contributed by atoms with van der Waals surface area (Å²) in [4.78, 5) is 24.6. The summed E-state index contributed by atoms with van der Waals surface area (Å²) in [5, 5.41) is 11.7. The van der Waals surface area contributed by atoms with Gasteiger partial charge in [0.15, 0.2) is 0 Å². The van der Waals surface area contributed by atoms with Gasteiger partial charge in [-0.15, -0.1) is 0 Å². The predicted octanol–water partition coefficient (Wildman–Crippen LogP) is 3.15. The van der Waals surface area contributed by atoms with E-state index in [0.29, 0.717) is 17.0 Å². The first kappa shape index (κ1) is 15.0. The average Bonchev–Trinajstić information content (AvgIpc) is 2.46. The van der Waals surface area contributed by atoms with E-state index in [0.717, 1.165) is 31.3 Å². The van der Waals surface area contributed by atoms with Gasteiger partial charge in [-0.25, -0.2) is 0 Å². The Bertz CT molecular complexity index is 533. The highest BCUT2D eigenvalue weighted by atomic mass is 79.9. The summed E-state index contributed by atoms with van der Waals surface area (Å²) in [5.74, 6) is 0.459. The highest BCUT2D eigenvalue weighted by Crippen LogP contribution is 2.23. The smallest absolute Gasteiger partial charge is 0.272 e. The van der Waals surface area contributed by atoms with E-state index in [4.69, 9.17) is 0 Å². The molecular formula is C14H17BrN2O3. The van der Waals surface area contributed by atoms with Gasteiger partial charge < -0.3 is 4.90 Å². The molecule has 0 spiro atoms. The summed E-state index contributed by atoms with van der Waals surface area (Å²) in [7, 11) is 0. The predicted molar refractivity (Wildman–Crippen MR) is 80.3 cm³/mol. The summed E-state index contributed by atoms with van der Waals surface area (Å²) >= 11 is 3.47. The second-order valence-corrected chi connectivity index (χ2v) is 5.82. The zero-order chi connectivity index (χ0) is 14.7. The number of nitro benzene ring substituents is 1. The lowest BCUT2D eigenvalue weighted by molar-refractivity contribution is -0.385. The van der Waals surface area contributed by atoms with Gasteiger partial charge in [0.25, 0.3) is 11.6 Å². The van der Waals surface area contributed by atoms with Crippen LogP contribution in [0.15, 0.2) is 18.2 Å². The Morgan fingerprint density at radius 1 is 1.55 bits per heavy atom. The largest absolute Gasteiger partial charge is 0.338 e. The van der Waals surface area contributed by atoms with Crippen molar-refractivity contribution in [2.75, 3.05) is 18.4 Å². The maximum Gasteiger partial charge on any atom is 0.272 e. The van der Waals surface area contributed by atoms with Crippen LogP contribution >= 0.6 is 15.9 Å². The van der Waals surface area contributed by atoms with Crippen LogP contribution in [0.25, 0.3) is 0 Å².